The van der Waals surface area contributed by atoms with E-state index in [9.17, 15) is 14.1 Å². The Bertz CT molecular complexity index is 502. The number of hydrogen-bond acceptors (Lipinski definition) is 4. The first-order chi connectivity index (χ1) is 10.2. The van der Waals surface area contributed by atoms with Gasteiger partial charge in [0.15, 0.2) is 0 Å². The fourth-order valence-electron chi connectivity index (χ4n) is 1.92. The molecule has 0 amide bonds. The summed E-state index contributed by atoms with van der Waals surface area (Å²) in [6, 6.07) is 7.45. The number of hydrogen-bond donors (Lipinski definition) is 1. The number of esters is 1. The Morgan fingerprint density at radius 1 is 1.27 bits per heavy atom. The summed E-state index contributed by atoms with van der Waals surface area (Å²) in [6.45, 7) is 7.44. The molecule has 0 aliphatic carbocycles. The summed E-state index contributed by atoms with van der Waals surface area (Å²) in [6.07, 6.45) is 0.563. The molecule has 0 heterocycles. The van der Waals surface area contributed by atoms with Gasteiger partial charge in [-0.05, 0) is 52.7 Å². The molecule has 1 unspecified atom stereocenters. The Labute approximate surface area is 135 Å². The number of rotatable bonds is 7. The Morgan fingerprint density at radius 3 is 2.41 bits per heavy atom. The summed E-state index contributed by atoms with van der Waals surface area (Å²) in [7, 11) is -1.22. The number of ether oxygens (including phenoxy) is 1. The smallest absolute Gasteiger partial charge is 0.306 e. The molecule has 5 heteroatoms. The van der Waals surface area contributed by atoms with Gasteiger partial charge in [0, 0.05) is 11.3 Å². The van der Waals surface area contributed by atoms with Gasteiger partial charge < -0.3 is 9.84 Å². The van der Waals surface area contributed by atoms with E-state index in [4.69, 9.17) is 4.74 Å². The predicted octanol–water partition coefficient (Wildman–Crippen LogP) is 2.98. The van der Waals surface area contributed by atoms with Gasteiger partial charge >= 0.3 is 5.97 Å². The number of carbonyl (C=O) groups is 1. The van der Waals surface area contributed by atoms with Crippen LogP contribution in [0.3, 0.4) is 0 Å². The average Bonchev–Trinajstić information content (AvgIpc) is 2.37. The van der Waals surface area contributed by atoms with Crippen molar-refractivity contribution in [3.63, 3.8) is 0 Å². The standard InChI is InChI=1S/C17H26O4S/c1-13-8-10-15(11-9-13)22(20)12-14(18)6-5-7-16(19)21-17(2,3)4/h8-11,14,18H,5-7,12H2,1-4H3/t14-,22?/m0/s1. The van der Waals surface area contributed by atoms with Gasteiger partial charge in [0.25, 0.3) is 0 Å². The largest absolute Gasteiger partial charge is 0.460 e. The number of aliphatic hydroxyl groups is 1. The van der Waals surface area contributed by atoms with E-state index in [1.54, 1.807) is 0 Å². The van der Waals surface area contributed by atoms with Crippen molar-refractivity contribution in [1.29, 1.82) is 0 Å². The van der Waals surface area contributed by atoms with Gasteiger partial charge in [-0.1, -0.05) is 17.7 Å². The van der Waals surface area contributed by atoms with Gasteiger partial charge in [0.05, 0.1) is 22.7 Å². The molecule has 1 aromatic rings. The summed E-state index contributed by atoms with van der Waals surface area (Å²) in [5, 5.41) is 9.94. The molecule has 2 atom stereocenters. The van der Waals surface area contributed by atoms with Gasteiger partial charge in [-0.2, -0.15) is 0 Å². The molecule has 124 valence electrons. The second kappa shape index (κ2) is 8.44. The number of aryl methyl sites for hydroxylation is 1. The third-order valence-corrected chi connectivity index (χ3v) is 4.45. The minimum Gasteiger partial charge on any atom is -0.460 e. The molecule has 0 saturated carbocycles. The van der Waals surface area contributed by atoms with E-state index < -0.39 is 22.5 Å². The fraction of sp³-hybridized carbons (Fsp3) is 0.588. The van der Waals surface area contributed by atoms with Gasteiger partial charge in [-0.25, -0.2) is 0 Å². The summed E-state index contributed by atoms with van der Waals surface area (Å²) in [4.78, 5) is 12.3. The normalized spacial score (nSPS) is 14.4. The van der Waals surface area contributed by atoms with Crippen molar-refractivity contribution >= 4 is 16.8 Å². The monoisotopic (exact) mass is 326 g/mol. The lowest BCUT2D eigenvalue weighted by atomic mass is 10.1. The second-order valence-corrected chi connectivity index (χ2v) is 7.95. The molecule has 0 aliphatic heterocycles. The van der Waals surface area contributed by atoms with Crippen LogP contribution in [0.4, 0.5) is 0 Å². The van der Waals surface area contributed by atoms with Crippen molar-refractivity contribution in [2.45, 2.75) is 63.6 Å². The zero-order valence-electron chi connectivity index (χ0n) is 13.8. The van der Waals surface area contributed by atoms with E-state index >= 15 is 0 Å². The lowest BCUT2D eigenvalue weighted by Gasteiger charge is -2.19. The first-order valence-electron chi connectivity index (χ1n) is 7.52. The zero-order chi connectivity index (χ0) is 16.8. The van der Waals surface area contributed by atoms with Crippen LogP contribution < -0.4 is 0 Å². The highest BCUT2D eigenvalue weighted by molar-refractivity contribution is 7.85. The minimum absolute atomic E-state index is 0.192. The van der Waals surface area contributed by atoms with Crippen LogP contribution in [0.25, 0.3) is 0 Å². The molecule has 22 heavy (non-hydrogen) atoms. The van der Waals surface area contributed by atoms with Crippen molar-refractivity contribution < 1.29 is 18.8 Å². The van der Waals surface area contributed by atoms with Crippen LogP contribution in [0.1, 0.15) is 45.6 Å². The Morgan fingerprint density at radius 2 is 1.86 bits per heavy atom. The number of aliphatic hydroxyl groups excluding tert-OH is 1. The Kier molecular flexibility index (Phi) is 7.23. The maximum Gasteiger partial charge on any atom is 0.306 e. The highest BCUT2D eigenvalue weighted by atomic mass is 32.2. The molecule has 1 rings (SSSR count). The molecule has 0 aromatic heterocycles. The molecule has 1 aromatic carbocycles. The summed E-state index contributed by atoms with van der Waals surface area (Å²) < 4.78 is 17.3. The van der Waals surface area contributed by atoms with Crippen LogP contribution in [0.15, 0.2) is 29.2 Å². The lowest BCUT2D eigenvalue weighted by molar-refractivity contribution is -0.155. The van der Waals surface area contributed by atoms with Crippen molar-refractivity contribution in [3.05, 3.63) is 29.8 Å². The molecule has 0 saturated heterocycles. The lowest BCUT2D eigenvalue weighted by Crippen LogP contribution is -2.24. The minimum atomic E-state index is -1.22. The molecule has 0 fully saturated rings. The average molecular weight is 326 g/mol. The summed E-state index contributed by atoms with van der Waals surface area (Å²) in [5.41, 5.74) is 0.626. The van der Waals surface area contributed by atoms with E-state index in [0.717, 1.165) is 10.5 Å². The molecule has 4 nitrogen and oxygen atoms in total. The van der Waals surface area contributed by atoms with Crippen LogP contribution in [-0.2, 0) is 20.3 Å². The van der Waals surface area contributed by atoms with Gasteiger partial charge in [0.1, 0.15) is 5.60 Å². The third-order valence-electron chi connectivity index (χ3n) is 2.97. The van der Waals surface area contributed by atoms with Crippen LogP contribution in [-0.4, -0.2) is 32.7 Å². The van der Waals surface area contributed by atoms with Gasteiger partial charge in [-0.15, -0.1) is 0 Å². The quantitative estimate of drug-likeness (QED) is 0.783. The molecule has 1 N–H and O–H groups in total. The fourth-order valence-corrected chi connectivity index (χ4v) is 3.07. The Hall–Kier alpha value is -1.20. The van der Waals surface area contributed by atoms with Crippen LogP contribution >= 0.6 is 0 Å². The van der Waals surface area contributed by atoms with Gasteiger partial charge in [0.2, 0.25) is 0 Å². The van der Waals surface area contributed by atoms with Crippen molar-refractivity contribution in [2.75, 3.05) is 5.75 Å². The summed E-state index contributed by atoms with van der Waals surface area (Å²) >= 11 is 0. The van der Waals surface area contributed by atoms with Crippen molar-refractivity contribution in [2.24, 2.45) is 0 Å². The summed E-state index contributed by atoms with van der Waals surface area (Å²) in [5.74, 6) is -0.0726. The molecule has 0 radical (unpaired) electrons. The van der Waals surface area contributed by atoms with Crippen molar-refractivity contribution in [3.8, 4) is 0 Å². The topological polar surface area (TPSA) is 63.6 Å². The molecular weight excluding hydrogens is 300 g/mol. The maximum absolute atomic E-state index is 12.1. The highest BCUT2D eigenvalue weighted by Gasteiger charge is 2.17. The molecular formula is C17H26O4S. The van der Waals surface area contributed by atoms with Crippen LogP contribution in [0.5, 0.6) is 0 Å². The van der Waals surface area contributed by atoms with E-state index in [1.165, 1.54) is 0 Å². The molecule has 0 bridgehead atoms. The van der Waals surface area contributed by atoms with E-state index in [0.29, 0.717) is 12.8 Å². The first kappa shape index (κ1) is 18.8. The van der Waals surface area contributed by atoms with E-state index in [2.05, 4.69) is 0 Å². The van der Waals surface area contributed by atoms with Crippen molar-refractivity contribution in [1.82, 2.24) is 0 Å². The van der Waals surface area contributed by atoms with Crippen LogP contribution in [0.2, 0.25) is 0 Å². The predicted molar refractivity (Wildman–Crippen MR) is 88.2 cm³/mol. The third kappa shape index (κ3) is 7.71. The zero-order valence-corrected chi connectivity index (χ0v) is 14.6. The molecule has 0 aliphatic rings. The van der Waals surface area contributed by atoms with E-state index in [-0.39, 0.29) is 18.1 Å². The number of benzene rings is 1. The highest BCUT2D eigenvalue weighted by Crippen LogP contribution is 2.13. The first-order valence-corrected chi connectivity index (χ1v) is 8.84. The van der Waals surface area contributed by atoms with E-state index in [1.807, 2.05) is 52.0 Å². The second-order valence-electron chi connectivity index (χ2n) is 6.46. The maximum atomic E-state index is 12.1. The Balaban J connectivity index is 2.31. The van der Waals surface area contributed by atoms with Gasteiger partial charge in [-0.3, -0.25) is 9.00 Å². The molecule has 0 spiro atoms. The number of carbonyl (C=O) groups excluding carboxylic acids is 1. The van der Waals surface area contributed by atoms with Crippen LogP contribution in [0, 0.1) is 6.92 Å². The SMILES string of the molecule is Cc1ccc(S(=O)C[C@@H](O)CCCC(=O)OC(C)(C)C)cc1.